The molecule has 3 nitrogen and oxygen atoms in total. The molecule has 1 atom stereocenters. The summed E-state index contributed by atoms with van der Waals surface area (Å²) in [6.45, 7) is 2.97. The smallest absolute Gasteiger partial charge is 0.120 e. The van der Waals surface area contributed by atoms with Crippen molar-refractivity contribution in [1.82, 2.24) is 10.2 Å². The van der Waals surface area contributed by atoms with Crippen LogP contribution in [-0.4, -0.2) is 36.2 Å². The molecule has 106 valence electrons. The average molecular weight is 270 g/mol. The van der Waals surface area contributed by atoms with E-state index in [1.807, 2.05) is 31.3 Å². The Kier molecular flexibility index (Phi) is 3.90. The van der Waals surface area contributed by atoms with Gasteiger partial charge in [0.05, 0.1) is 0 Å². The van der Waals surface area contributed by atoms with Crippen LogP contribution in [0, 0.1) is 0 Å². The number of aromatic hydroxyl groups is 1. The number of likely N-dealkylation sites (tertiary alicyclic amines) is 1. The SMILES string of the molecule is CNCC1CCCN1Cc1c(O)ccc2ccccc12. The number of nitrogens with one attached hydrogen (secondary N) is 1. The Morgan fingerprint density at radius 2 is 2.10 bits per heavy atom. The van der Waals surface area contributed by atoms with E-state index >= 15 is 0 Å². The number of benzene rings is 2. The number of rotatable bonds is 4. The molecule has 0 aliphatic carbocycles. The van der Waals surface area contributed by atoms with Crippen LogP contribution in [0.4, 0.5) is 0 Å². The Hall–Kier alpha value is -1.58. The van der Waals surface area contributed by atoms with Crippen LogP contribution >= 0.6 is 0 Å². The number of phenols is 1. The maximum atomic E-state index is 10.2. The maximum absolute atomic E-state index is 10.2. The third-order valence-corrected chi connectivity index (χ3v) is 4.32. The van der Waals surface area contributed by atoms with Crippen LogP contribution in [0.1, 0.15) is 18.4 Å². The topological polar surface area (TPSA) is 35.5 Å². The van der Waals surface area contributed by atoms with Gasteiger partial charge in [0.1, 0.15) is 5.75 Å². The van der Waals surface area contributed by atoms with E-state index in [9.17, 15) is 5.11 Å². The first-order valence-electron chi connectivity index (χ1n) is 7.38. The van der Waals surface area contributed by atoms with Crippen molar-refractivity contribution in [3.8, 4) is 5.75 Å². The van der Waals surface area contributed by atoms with Gasteiger partial charge in [-0.1, -0.05) is 30.3 Å². The summed E-state index contributed by atoms with van der Waals surface area (Å²) < 4.78 is 0. The van der Waals surface area contributed by atoms with E-state index in [1.54, 1.807) is 0 Å². The Labute approximate surface area is 120 Å². The van der Waals surface area contributed by atoms with Crippen molar-refractivity contribution in [2.45, 2.75) is 25.4 Å². The van der Waals surface area contributed by atoms with E-state index in [0.29, 0.717) is 11.8 Å². The first-order valence-corrected chi connectivity index (χ1v) is 7.38. The first kappa shape index (κ1) is 13.4. The Morgan fingerprint density at radius 1 is 1.25 bits per heavy atom. The number of likely N-dealkylation sites (N-methyl/N-ethyl adjacent to an activating group) is 1. The molecular formula is C17H22N2O. The largest absolute Gasteiger partial charge is 0.508 e. The molecule has 1 fully saturated rings. The minimum absolute atomic E-state index is 0.416. The molecule has 0 amide bonds. The molecule has 3 heteroatoms. The van der Waals surface area contributed by atoms with Gasteiger partial charge < -0.3 is 10.4 Å². The van der Waals surface area contributed by atoms with Gasteiger partial charge in [0.25, 0.3) is 0 Å². The molecular weight excluding hydrogens is 248 g/mol. The summed E-state index contributed by atoms with van der Waals surface area (Å²) in [4.78, 5) is 2.48. The van der Waals surface area contributed by atoms with Gasteiger partial charge in [0.2, 0.25) is 0 Å². The molecule has 1 heterocycles. The fourth-order valence-electron chi connectivity index (χ4n) is 3.26. The Bertz CT molecular complexity index is 597. The molecule has 2 N–H and O–H groups in total. The lowest BCUT2D eigenvalue weighted by Crippen LogP contribution is -2.36. The zero-order valence-electron chi connectivity index (χ0n) is 12.0. The number of phenolic OH excluding ortho intramolecular Hbond substituents is 1. The highest BCUT2D eigenvalue weighted by molar-refractivity contribution is 5.87. The highest BCUT2D eigenvalue weighted by Crippen LogP contribution is 2.30. The fourth-order valence-corrected chi connectivity index (χ4v) is 3.26. The Morgan fingerprint density at radius 3 is 2.95 bits per heavy atom. The van der Waals surface area contributed by atoms with Crippen molar-refractivity contribution in [2.24, 2.45) is 0 Å². The van der Waals surface area contributed by atoms with E-state index in [0.717, 1.165) is 25.2 Å². The van der Waals surface area contributed by atoms with Gasteiger partial charge in [0, 0.05) is 24.7 Å². The molecule has 1 unspecified atom stereocenters. The fraction of sp³-hybridized carbons (Fsp3) is 0.412. The van der Waals surface area contributed by atoms with Gasteiger partial charge in [0.15, 0.2) is 0 Å². The normalized spacial score (nSPS) is 19.8. The molecule has 2 aromatic rings. The molecule has 1 aliphatic heterocycles. The standard InChI is InChI=1S/C17H22N2O/c1-18-11-14-6-4-10-19(14)12-16-15-7-3-2-5-13(15)8-9-17(16)20/h2-3,5,7-9,14,18,20H,4,6,10-12H2,1H3. The molecule has 20 heavy (non-hydrogen) atoms. The molecule has 1 aliphatic rings. The average Bonchev–Trinajstić information content (AvgIpc) is 2.90. The van der Waals surface area contributed by atoms with Gasteiger partial charge in [-0.3, -0.25) is 4.90 Å². The lowest BCUT2D eigenvalue weighted by atomic mass is 10.0. The van der Waals surface area contributed by atoms with Gasteiger partial charge in [-0.25, -0.2) is 0 Å². The second-order valence-electron chi connectivity index (χ2n) is 5.61. The number of nitrogens with zero attached hydrogens (tertiary/aromatic N) is 1. The van der Waals surface area contributed by atoms with Crippen LogP contribution in [0.15, 0.2) is 36.4 Å². The van der Waals surface area contributed by atoms with E-state index in [4.69, 9.17) is 0 Å². The van der Waals surface area contributed by atoms with Crippen molar-refractivity contribution in [3.63, 3.8) is 0 Å². The van der Waals surface area contributed by atoms with E-state index in [2.05, 4.69) is 22.3 Å². The molecule has 3 rings (SSSR count). The second-order valence-corrected chi connectivity index (χ2v) is 5.61. The summed E-state index contributed by atoms with van der Waals surface area (Å²) >= 11 is 0. The van der Waals surface area contributed by atoms with Crippen LogP contribution in [-0.2, 0) is 6.54 Å². The monoisotopic (exact) mass is 270 g/mol. The zero-order valence-corrected chi connectivity index (χ0v) is 12.0. The van der Waals surface area contributed by atoms with E-state index in [-0.39, 0.29) is 0 Å². The van der Waals surface area contributed by atoms with E-state index in [1.165, 1.54) is 23.6 Å². The Balaban J connectivity index is 1.92. The van der Waals surface area contributed by atoms with Crippen molar-refractivity contribution < 1.29 is 5.11 Å². The van der Waals surface area contributed by atoms with Crippen LogP contribution < -0.4 is 5.32 Å². The van der Waals surface area contributed by atoms with Gasteiger partial charge >= 0.3 is 0 Å². The summed E-state index contributed by atoms with van der Waals surface area (Å²) in [7, 11) is 2.01. The van der Waals surface area contributed by atoms with Crippen LogP contribution in [0.3, 0.4) is 0 Å². The van der Waals surface area contributed by atoms with Gasteiger partial charge in [-0.05, 0) is 43.3 Å². The first-order chi connectivity index (χ1) is 9.79. The van der Waals surface area contributed by atoms with E-state index < -0.39 is 0 Å². The van der Waals surface area contributed by atoms with Crippen LogP contribution in [0.2, 0.25) is 0 Å². The molecule has 2 aromatic carbocycles. The summed E-state index contributed by atoms with van der Waals surface area (Å²) in [6, 6.07) is 12.7. The number of hydrogen-bond donors (Lipinski definition) is 2. The molecule has 0 aromatic heterocycles. The number of fused-ring (bicyclic) bond motifs is 1. The summed E-state index contributed by atoms with van der Waals surface area (Å²) in [5, 5.41) is 15.9. The van der Waals surface area contributed by atoms with Gasteiger partial charge in [-0.15, -0.1) is 0 Å². The molecule has 0 spiro atoms. The van der Waals surface area contributed by atoms with Crippen molar-refractivity contribution >= 4 is 10.8 Å². The number of hydrogen-bond acceptors (Lipinski definition) is 3. The quantitative estimate of drug-likeness (QED) is 0.896. The highest BCUT2D eigenvalue weighted by Gasteiger charge is 2.25. The lowest BCUT2D eigenvalue weighted by Gasteiger charge is -2.25. The van der Waals surface area contributed by atoms with Crippen molar-refractivity contribution in [1.29, 1.82) is 0 Å². The minimum atomic E-state index is 0.416. The van der Waals surface area contributed by atoms with Gasteiger partial charge in [-0.2, -0.15) is 0 Å². The predicted molar refractivity (Wildman–Crippen MR) is 83.0 cm³/mol. The van der Waals surface area contributed by atoms with Crippen molar-refractivity contribution in [2.75, 3.05) is 20.1 Å². The third-order valence-electron chi connectivity index (χ3n) is 4.32. The maximum Gasteiger partial charge on any atom is 0.120 e. The summed E-state index contributed by atoms with van der Waals surface area (Å²) in [5.74, 6) is 0.416. The highest BCUT2D eigenvalue weighted by atomic mass is 16.3. The summed E-state index contributed by atoms with van der Waals surface area (Å²) in [6.07, 6.45) is 2.49. The van der Waals surface area contributed by atoms with Crippen LogP contribution in [0.25, 0.3) is 10.8 Å². The molecule has 0 radical (unpaired) electrons. The second kappa shape index (κ2) is 5.81. The zero-order chi connectivity index (χ0) is 13.9. The lowest BCUT2D eigenvalue weighted by molar-refractivity contribution is 0.240. The minimum Gasteiger partial charge on any atom is -0.508 e. The molecule has 1 saturated heterocycles. The predicted octanol–water partition coefficient (Wildman–Crippen LogP) is 2.73. The third kappa shape index (κ3) is 2.51. The molecule has 0 saturated carbocycles. The van der Waals surface area contributed by atoms with Crippen molar-refractivity contribution in [3.05, 3.63) is 42.0 Å². The van der Waals surface area contributed by atoms with Crippen LogP contribution in [0.5, 0.6) is 5.75 Å². The summed E-state index contributed by atoms with van der Waals surface area (Å²) in [5.41, 5.74) is 1.06. The molecule has 0 bridgehead atoms.